The van der Waals surface area contributed by atoms with Crippen LogP contribution >= 0.6 is 11.8 Å². The van der Waals surface area contributed by atoms with Gasteiger partial charge in [-0.2, -0.15) is 5.10 Å². The van der Waals surface area contributed by atoms with E-state index in [0.717, 1.165) is 16.3 Å². The second kappa shape index (κ2) is 7.76. The lowest BCUT2D eigenvalue weighted by molar-refractivity contribution is -0.118. The lowest BCUT2D eigenvalue weighted by Gasteiger charge is -2.07. The van der Waals surface area contributed by atoms with Crippen molar-refractivity contribution >= 4 is 39.8 Å². The second-order valence-electron chi connectivity index (χ2n) is 6.44. The molecule has 0 saturated carbocycles. The van der Waals surface area contributed by atoms with Crippen molar-refractivity contribution in [3.63, 3.8) is 0 Å². The summed E-state index contributed by atoms with van der Waals surface area (Å²) in [6.07, 6.45) is 2.42. The SMILES string of the molecule is Cc1ccccc1C[C@@H]1S/C(=N/N=C\c2cccc3ccccc23)NC1=O. The Balaban J connectivity index is 1.48. The molecule has 4 nitrogen and oxygen atoms in total. The summed E-state index contributed by atoms with van der Waals surface area (Å²) in [4.78, 5) is 12.2. The molecule has 1 aliphatic heterocycles. The van der Waals surface area contributed by atoms with E-state index >= 15 is 0 Å². The molecule has 0 aromatic heterocycles. The van der Waals surface area contributed by atoms with E-state index in [2.05, 4.69) is 52.8 Å². The number of thioether (sulfide) groups is 1. The van der Waals surface area contributed by atoms with Gasteiger partial charge in [-0.1, -0.05) is 78.5 Å². The summed E-state index contributed by atoms with van der Waals surface area (Å²) >= 11 is 1.44. The number of carbonyl (C=O) groups excluding carboxylic acids is 1. The molecule has 1 atom stereocenters. The van der Waals surface area contributed by atoms with Crippen LogP contribution in [0.25, 0.3) is 10.8 Å². The third-order valence-corrected chi connectivity index (χ3v) is 5.68. The summed E-state index contributed by atoms with van der Waals surface area (Å²) in [5.74, 6) is -0.0117. The molecule has 1 saturated heterocycles. The fourth-order valence-electron chi connectivity index (χ4n) is 3.13. The Labute approximate surface area is 162 Å². The van der Waals surface area contributed by atoms with Gasteiger partial charge in [0.25, 0.3) is 0 Å². The Hall–Kier alpha value is -2.92. The van der Waals surface area contributed by atoms with E-state index in [1.807, 2.05) is 36.4 Å². The van der Waals surface area contributed by atoms with Crippen LogP contribution in [0.5, 0.6) is 0 Å². The lowest BCUT2D eigenvalue weighted by Crippen LogP contribution is -2.26. The largest absolute Gasteiger partial charge is 0.303 e. The number of amides is 1. The average molecular weight is 373 g/mol. The topological polar surface area (TPSA) is 53.8 Å². The molecule has 1 aliphatic rings. The highest BCUT2D eigenvalue weighted by molar-refractivity contribution is 8.15. The molecule has 0 spiro atoms. The molecular formula is C22H19N3OS. The van der Waals surface area contributed by atoms with E-state index in [1.54, 1.807) is 6.21 Å². The van der Waals surface area contributed by atoms with Crippen molar-refractivity contribution in [1.29, 1.82) is 0 Å². The van der Waals surface area contributed by atoms with Crippen LogP contribution in [0.15, 0.2) is 76.9 Å². The number of amidine groups is 1. The normalized spacial score (nSPS) is 18.5. The smallest absolute Gasteiger partial charge is 0.239 e. The minimum atomic E-state index is -0.169. The Morgan fingerprint density at radius 1 is 1.04 bits per heavy atom. The predicted octanol–water partition coefficient (Wildman–Crippen LogP) is 4.31. The zero-order chi connectivity index (χ0) is 18.6. The highest BCUT2D eigenvalue weighted by Crippen LogP contribution is 2.24. The fraction of sp³-hybridized carbons (Fsp3) is 0.136. The van der Waals surface area contributed by atoms with Gasteiger partial charge < -0.3 is 5.32 Å². The first-order chi connectivity index (χ1) is 13.2. The molecule has 1 N–H and O–H groups in total. The van der Waals surface area contributed by atoms with Gasteiger partial charge in [0.2, 0.25) is 5.91 Å². The minimum Gasteiger partial charge on any atom is -0.303 e. The van der Waals surface area contributed by atoms with Crippen LogP contribution in [0.1, 0.15) is 16.7 Å². The maximum atomic E-state index is 12.2. The van der Waals surface area contributed by atoms with Crippen LogP contribution in [0.3, 0.4) is 0 Å². The first kappa shape index (κ1) is 17.5. The van der Waals surface area contributed by atoms with Gasteiger partial charge in [0.1, 0.15) is 0 Å². The molecule has 0 bridgehead atoms. The highest BCUT2D eigenvalue weighted by atomic mass is 32.2. The van der Waals surface area contributed by atoms with Crippen molar-refractivity contribution in [2.24, 2.45) is 10.2 Å². The van der Waals surface area contributed by atoms with Crippen LogP contribution in [-0.4, -0.2) is 22.5 Å². The molecule has 1 fully saturated rings. The molecule has 27 heavy (non-hydrogen) atoms. The van der Waals surface area contributed by atoms with Gasteiger partial charge in [-0.05, 0) is 35.2 Å². The van der Waals surface area contributed by atoms with E-state index in [-0.39, 0.29) is 11.2 Å². The predicted molar refractivity (Wildman–Crippen MR) is 113 cm³/mol. The molecule has 5 heteroatoms. The second-order valence-corrected chi connectivity index (χ2v) is 7.64. The maximum absolute atomic E-state index is 12.2. The molecule has 1 amide bonds. The van der Waals surface area contributed by atoms with Crippen LogP contribution in [0, 0.1) is 6.92 Å². The van der Waals surface area contributed by atoms with E-state index in [4.69, 9.17) is 0 Å². The number of hydrogen-bond donors (Lipinski definition) is 1. The maximum Gasteiger partial charge on any atom is 0.239 e. The number of nitrogens with one attached hydrogen (secondary N) is 1. The summed E-state index contributed by atoms with van der Waals surface area (Å²) in [6.45, 7) is 2.07. The summed E-state index contributed by atoms with van der Waals surface area (Å²) in [7, 11) is 0. The first-order valence-electron chi connectivity index (χ1n) is 8.81. The summed E-state index contributed by atoms with van der Waals surface area (Å²) in [6, 6.07) is 22.4. The van der Waals surface area contributed by atoms with Crippen molar-refractivity contribution in [3.8, 4) is 0 Å². The Morgan fingerprint density at radius 3 is 2.70 bits per heavy atom. The van der Waals surface area contributed by atoms with E-state index in [9.17, 15) is 4.79 Å². The van der Waals surface area contributed by atoms with Gasteiger partial charge in [-0.25, -0.2) is 0 Å². The van der Waals surface area contributed by atoms with Gasteiger partial charge in [0.15, 0.2) is 5.17 Å². The first-order valence-corrected chi connectivity index (χ1v) is 9.69. The Bertz CT molecular complexity index is 1050. The van der Waals surface area contributed by atoms with Crippen molar-refractivity contribution in [1.82, 2.24) is 5.32 Å². The molecule has 0 aliphatic carbocycles. The van der Waals surface area contributed by atoms with E-state index < -0.39 is 0 Å². The highest BCUT2D eigenvalue weighted by Gasteiger charge is 2.30. The van der Waals surface area contributed by atoms with Crippen molar-refractivity contribution in [2.75, 3.05) is 0 Å². The molecule has 134 valence electrons. The summed E-state index contributed by atoms with van der Waals surface area (Å²) in [5, 5.41) is 13.9. The van der Waals surface area contributed by atoms with E-state index in [0.29, 0.717) is 11.6 Å². The quantitative estimate of drug-likeness (QED) is 0.547. The number of fused-ring (bicyclic) bond motifs is 1. The molecule has 1 heterocycles. The molecule has 3 aromatic rings. The van der Waals surface area contributed by atoms with Crippen molar-refractivity contribution < 1.29 is 4.79 Å². The molecule has 3 aromatic carbocycles. The Kier molecular flexibility index (Phi) is 5.03. The molecule has 4 rings (SSSR count). The number of benzene rings is 3. The van der Waals surface area contributed by atoms with Gasteiger partial charge >= 0.3 is 0 Å². The van der Waals surface area contributed by atoms with E-state index in [1.165, 1.54) is 22.9 Å². The number of nitrogens with zero attached hydrogens (tertiary/aromatic N) is 2. The fourth-order valence-corrected chi connectivity index (χ4v) is 4.08. The van der Waals surface area contributed by atoms with Crippen LogP contribution in [0.4, 0.5) is 0 Å². The van der Waals surface area contributed by atoms with Gasteiger partial charge in [0.05, 0.1) is 11.5 Å². The third-order valence-electron chi connectivity index (χ3n) is 4.61. The number of aryl methyl sites for hydroxylation is 1. The molecule has 0 radical (unpaired) electrons. The van der Waals surface area contributed by atoms with Crippen LogP contribution in [0.2, 0.25) is 0 Å². The van der Waals surface area contributed by atoms with Crippen molar-refractivity contribution in [2.45, 2.75) is 18.6 Å². The van der Waals surface area contributed by atoms with Crippen LogP contribution in [-0.2, 0) is 11.2 Å². The minimum absolute atomic E-state index is 0.0117. The number of carbonyl (C=O) groups is 1. The zero-order valence-electron chi connectivity index (χ0n) is 14.9. The van der Waals surface area contributed by atoms with Crippen LogP contribution < -0.4 is 5.32 Å². The average Bonchev–Trinajstić information content (AvgIpc) is 3.03. The van der Waals surface area contributed by atoms with Gasteiger partial charge in [-0.15, -0.1) is 5.10 Å². The third kappa shape index (κ3) is 3.93. The number of rotatable bonds is 4. The lowest BCUT2D eigenvalue weighted by atomic mass is 10.0. The summed E-state index contributed by atoms with van der Waals surface area (Å²) in [5.41, 5.74) is 3.39. The monoisotopic (exact) mass is 373 g/mol. The molecule has 0 unspecified atom stereocenters. The number of hydrogen-bond acceptors (Lipinski definition) is 4. The van der Waals surface area contributed by atoms with Crippen molar-refractivity contribution in [3.05, 3.63) is 83.4 Å². The Morgan fingerprint density at radius 2 is 1.81 bits per heavy atom. The van der Waals surface area contributed by atoms with Gasteiger partial charge in [0, 0.05) is 5.56 Å². The summed E-state index contributed by atoms with van der Waals surface area (Å²) < 4.78 is 0. The molecular weight excluding hydrogens is 354 g/mol. The zero-order valence-corrected chi connectivity index (χ0v) is 15.7. The standard InChI is InChI=1S/C22H19N3OS/c1-15-7-2-3-9-17(15)13-20-21(26)24-22(27-20)25-23-14-18-11-6-10-16-8-4-5-12-19(16)18/h2-12,14,20H,13H2,1H3,(H,24,25,26)/b23-14-/t20-/m0/s1. The van der Waals surface area contributed by atoms with Gasteiger partial charge in [-0.3, -0.25) is 4.79 Å².